The molecule has 1 aliphatic rings. The van der Waals surface area contributed by atoms with Gasteiger partial charge in [-0.15, -0.1) is 0 Å². The third kappa shape index (κ3) is 3.91. The second-order valence-corrected chi connectivity index (χ2v) is 5.81. The van der Waals surface area contributed by atoms with E-state index in [1.165, 1.54) is 0 Å². The fourth-order valence-corrected chi connectivity index (χ4v) is 2.91. The van der Waals surface area contributed by atoms with Gasteiger partial charge < -0.3 is 20.3 Å². The first-order valence-electron chi connectivity index (χ1n) is 8.21. The van der Waals surface area contributed by atoms with Gasteiger partial charge in [-0.25, -0.2) is 4.79 Å². The summed E-state index contributed by atoms with van der Waals surface area (Å²) in [5.41, 5.74) is 1.73. The summed E-state index contributed by atoms with van der Waals surface area (Å²) in [5, 5.41) is 5.53. The smallest absolute Gasteiger partial charge is 0.315 e. The molecule has 1 aliphatic heterocycles. The maximum atomic E-state index is 12.5. The zero-order chi connectivity index (χ0) is 17.6. The highest BCUT2D eigenvalue weighted by Crippen LogP contribution is 2.21. The van der Waals surface area contributed by atoms with Gasteiger partial charge >= 0.3 is 6.03 Å². The Balaban J connectivity index is 1.54. The third-order valence-electron chi connectivity index (χ3n) is 4.21. The molecule has 1 saturated heterocycles. The molecule has 2 aromatic rings. The number of nitrogens with zero attached hydrogens (tertiary/aromatic N) is 1. The van der Waals surface area contributed by atoms with Crippen LogP contribution in [-0.4, -0.2) is 31.6 Å². The number of hydrogen-bond donors (Lipinski definition) is 2. The lowest BCUT2D eigenvalue weighted by Gasteiger charge is -2.17. The van der Waals surface area contributed by atoms with Crippen LogP contribution in [0.15, 0.2) is 54.6 Å². The summed E-state index contributed by atoms with van der Waals surface area (Å²) in [7, 11) is 1.59. The van der Waals surface area contributed by atoms with Crippen LogP contribution in [0.4, 0.5) is 10.5 Å². The molecule has 0 bridgehead atoms. The monoisotopic (exact) mass is 339 g/mol. The van der Waals surface area contributed by atoms with E-state index >= 15 is 0 Å². The molecule has 25 heavy (non-hydrogen) atoms. The molecule has 6 nitrogen and oxygen atoms in total. The number of hydrogen-bond acceptors (Lipinski definition) is 3. The fourth-order valence-electron chi connectivity index (χ4n) is 2.91. The molecule has 0 radical (unpaired) electrons. The Bertz CT molecular complexity index is 749. The summed E-state index contributed by atoms with van der Waals surface area (Å²) in [5.74, 6) is 0.633. The maximum Gasteiger partial charge on any atom is 0.315 e. The van der Waals surface area contributed by atoms with Gasteiger partial charge in [0.2, 0.25) is 5.91 Å². The third-order valence-corrected chi connectivity index (χ3v) is 4.21. The van der Waals surface area contributed by atoms with Crippen molar-refractivity contribution in [1.82, 2.24) is 10.6 Å². The summed E-state index contributed by atoms with van der Waals surface area (Å²) in [6.07, 6.45) is 0.593. The van der Waals surface area contributed by atoms with Gasteiger partial charge in [-0.3, -0.25) is 4.79 Å². The Morgan fingerprint density at radius 1 is 1.16 bits per heavy atom. The molecule has 1 heterocycles. The van der Waals surface area contributed by atoms with Crippen molar-refractivity contribution < 1.29 is 14.3 Å². The molecule has 2 aromatic carbocycles. The fraction of sp³-hybridized carbons (Fsp3) is 0.263. The van der Waals surface area contributed by atoms with Crippen molar-refractivity contribution in [3.8, 4) is 5.75 Å². The molecule has 0 aliphatic carbocycles. The van der Waals surface area contributed by atoms with Gasteiger partial charge in [0.25, 0.3) is 0 Å². The van der Waals surface area contributed by atoms with E-state index in [4.69, 9.17) is 4.74 Å². The van der Waals surface area contributed by atoms with Crippen molar-refractivity contribution in [3.05, 3.63) is 60.2 Å². The lowest BCUT2D eigenvalue weighted by molar-refractivity contribution is -0.118. The predicted octanol–water partition coefficient (Wildman–Crippen LogP) is 2.30. The normalized spacial score (nSPS) is 16.6. The van der Waals surface area contributed by atoms with Crippen LogP contribution in [0.3, 0.4) is 0 Å². The van der Waals surface area contributed by atoms with E-state index in [0.29, 0.717) is 19.5 Å². The molecule has 2 N–H and O–H groups in total. The van der Waals surface area contributed by atoms with Crippen LogP contribution in [0.5, 0.6) is 5.75 Å². The van der Waals surface area contributed by atoms with E-state index in [2.05, 4.69) is 10.6 Å². The highest BCUT2D eigenvalue weighted by molar-refractivity contribution is 6.01. The van der Waals surface area contributed by atoms with E-state index in [1.54, 1.807) is 12.0 Å². The number of urea groups is 1. The lowest BCUT2D eigenvalue weighted by atomic mass is 10.2. The highest BCUT2D eigenvalue weighted by Gasteiger charge is 2.33. The minimum atomic E-state index is -0.502. The van der Waals surface area contributed by atoms with E-state index in [-0.39, 0.29) is 11.9 Å². The average molecular weight is 339 g/mol. The Labute approximate surface area is 146 Å². The van der Waals surface area contributed by atoms with Crippen LogP contribution < -0.4 is 20.3 Å². The minimum Gasteiger partial charge on any atom is -0.496 e. The molecule has 6 heteroatoms. The van der Waals surface area contributed by atoms with E-state index in [9.17, 15) is 9.59 Å². The predicted molar refractivity (Wildman–Crippen MR) is 95.6 cm³/mol. The number of para-hydroxylation sites is 2. The first kappa shape index (κ1) is 16.8. The van der Waals surface area contributed by atoms with Gasteiger partial charge in [-0.05, 0) is 24.6 Å². The number of benzene rings is 2. The number of carbonyl (C=O) groups excluding carboxylic acids is 2. The van der Waals surface area contributed by atoms with Crippen LogP contribution in [0.1, 0.15) is 12.0 Å². The summed E-state index contributed by atoms with van der Waals surface area (Å²) in [6.45, 7) is 0.930. The molecule has 130 valence electrons. The Kier molecular flexibility index (Phi) is 5.18. The molecule has 3 amide bonds. The number of anilines is 1. The zero-order valence-electron chi connectivity index (χ0n) is 14.1. The van der Waals surface area contributed by atoms with Crippen molar-refractivity contribution >= 4 is 17.6 Å². The minimum absolute atomic E-state index is 0.0846. The lowest BCUT2D eigenvalue weighted by Crippen LogP contribution is -2.46. The molecular formula is C19H21N3O3. The largest absolute Gasteiger partial charge is 0.496 e. The number of ether oxygens (including phenoxy) is 1. The SMILES string of the molecule is COc1ccccc1CNC(=O)NC1CCN(c2ccccc2)C1=O. The van der Waals surface area contributed by atoms with Gasteiger partial charge in [0.05, 0.1) is 7.11 Å². The van der Waals surface area contributed by atoms with E-state index < -0.39 is 6.04 Å². The molecular weight excluding hydrogens is 318 g/mol. The summed E-state index contributed by atoms with van der Waals surface area (Å²) < 4.78 is 5.26. The van der Waals surface area contributed by atoms with Crippen LogP contribution in [-0.2, 0) is 11.3 Å². The summed E-state index contributed by atoms with van der Waals surface area (Å²) in [6, 6.07) is 16.1. The highest BCUT2D eigenvalue weighted by atomic mass is 16.5. The van der Waals surface area contributed by atoms with Crippen molar-refractivity contribution in [2.45, 2.75) is 19.0 Å². The van der Waals surface area contributed by atoms with Gasteiger partial charge in [0.15, 0.2) is 0 Å². The molecule has 1 atom stereocenters. The second-order valence-electron chi connectivity index (χ2n) is 5.81. The number of methoxy groups -OCH3 is 1. The van der Waals surface area contributed by atoms with Crippen molar-refractivity contribution in [2.75, 3.05) is 18.6 Å². The van der Waals surface area contributed by atoms with Gasteiger partial charge in [-0.2, -0.15) is 0 Å². The van der Waals surface area contributed by atoms with E-state index in [0.717, 1.165) is 17.0 Å². The van der Waals surface area contributed by atoms with E-state index in [1.807, 2.05) is 54.6 Å². The maximum absolute atomic E-state index is 12.5. The standard InChI is InChI=1S/C19H21N3O3/c1-25-17-10-6-5-7-14(17)13-20-19(24)21-16-11-12-22(18(16)23)15-8-3-2-4-9-15/h2-10,16H,11-13H2,1H3,(H2,20,21,24). The van der Waals surface area contributed by atoms with Gasteiger partial charge in [-0.1, -0.05) is 36.4 Å². The first-order valence-corrected chi connectivity index (χ1v) is 8.21. The Morgan fingerprint density at radius 2 is 1.88 bits per heavy atom. The zero-order valence-corrected chi connectivity index (χ0v) is 14.1. The number of amides is 3. The molecule has 3 rings (SSSR count). The molecule has 1 unspecified atom stereocenters. The number of carbonyl (C=O) groups is 2. The second kappa shape index (κ2) is 7.70. The van der Waals surface area contributed by atoms with Crippen LogP contribution in [0, 0.1) is 0 Å². The topological polar surface area (TPSA) is 70.7 Å². The summed E-state index contributed by atoms with van der Waals surface area (Å²) in [4.78, 5) is 26.3. The van der Waals surface area contributed by atoms with Gasteiger partial charge in [0, 0.05) is 24.3 Å². The van der Waals surface area contributed by atoms with Gasteiger partial charge in [0.1, 0.15) is 11.8 Å². The Morgan fingerprint density at radius 3 is 2.64 bits per heavy atom. The molecule has 1 fully saturated rings. The summed E-state index contributed by atoms with van der Waals surface area (Å²) >= 11 is 0. The average Bonchev–Trinajstić information content (AvgIpc) is 3.01. The quantitative estimate of drug-likeness (QED) is 0.878. The van der Waals surface area contributed by atoms with Crippen molar-refractivity contribution in [1.29, 1.82) is 0 Å². The van der Waals surface area contributed by atoms with Crippen molar-refractivity contribution in [3.63, 3.8) is 0 Å². The molecule has 0 saturated carbocycles. The number of nitrogens with one attached hydrogen (secondary N) is 2. The molecule has 0 aromatic heterocycles. The molecule has 0 spiro atoms. The van der Waals surface area contributed by atoms with Crippen molar-refractivity contribution in [2.24, 2.45) is 0 Å². The van der Waals surface area contributed by atoms with Crippen LogP contribution >= 0.6 is 0 Å². The van der Waals surface area contributed by atoms with Crippen LogP contribution in [0.25, 0.3) is 0 Å². The first-order chi connectivity index (χ1) is 12.2. The number of rotatable bonds is 5. The van der Waals surface area contributed by atoms with Crippen LogP contribution in [0.2, 0.25) is 0 Å². The Hall–Kier alpha value is -3.02.